The molecule has 74 valence electrons. The number of carbonyl (C=O) groups excluding carboxylic acids is 1. The van der Waals surface area contributed by atoms with E-state index in [9.17, 15) is 14.0 Å². The number of likely N-dealkylation sites (tertiary alicyclic amines) is 1. The van der Waals surface area contributed by atoms with Crippen LogP contribution in [0.5, 0.6) is 0 Å². The number of carboxylic acids is 1. The van der Waals surface area contributed by atoms with E-state index in [1.165, 1.54) is 11.8 Å². The lowest BCUT2D eigenvalue weighted by atomic mass is 10.0. The second kappa shape index (κ2) is 3.72. The molecule has 0 bridgehead atoms. The Morgan fingerprint density at radius 2 is 2.15 bits per heavy atom. The molecule has 1 rings (SSSR count). The van der Waals surface area contributed by atoms with Crippen LogP contribution in [0, 0.1) is 0 Å². The summed E-state index contributed by atoms with van der Waals surface area (Å²) in [6.07, 6.45) is -0.949. The highest BCUT2D eigenvalue weighted by molar-refractivity contribution is 5.82. The van der Waals surface area contributed by atoms with Crippen molar-refractivity contribution in [1.29, 1.82) is 0 Å². The topological polar surface area (TPSA) is 57.6 Å². The number of hydrogen-bond donors (Lipinski definition) is 1. The van der Waals surface area contributed by atoms with Crippen molar-refractivity contribution in [1.82, 2.24) is 4.90 Å². The summed E-state index contributed by atoms with van der Waals surface area (Å²) >= 11 is 0. The van der Waals surface area contributed by atoms with Crippen LogP contribution in [-0.2, 0) is 9.59 Å². The molecule has 4 nitrogen and oxygen atoms in total. The van der Waals surface area contributed by atoms with E-state index in [1.54, 1.807) is 0 Å². The minimum atomic E-state index is -1.13. The van der Waals surface area contributed by atoms with E-state index in [1.807, 2.05) is 0 Å². The van der Waals surface area contributed by atoms with Crippen molar-refractivity contribution in [3.8, 4) is 0 Å². The molecule has 5 heteroatoms. The Labute approximate surface area is 75.3 Å². The lowest BCUT2D eigenvalue weighted by Crippen LogP contribution is -2.49. The van der Waals surface area contributed by atoms with Gasteiger partial charge in [0.05, 0.1) is 0 Å². The number of carbonyl (C=O) groups is 2. The molecule has 1 saturated heterocycles. The standard InChI is InChI=1S/C8H12FNO3/c1-5(11)10-3-2-6(9)4-7(10)8(12)13/h6-7H,2-4H2,1H3,(H,12,13)/t6-,7+/m1/s1. The SMILES string of the molecule is CC(=O)N1CC[C@@H](F)C[C@H]1C(=O)O. The number of hydrogen-bond acceptors (Lipinski definition) is 2. The van der Waals surface area contributed by atoms with Crippen LogP contribution < -0.4 is 0 Å². The average molecular weight is 189 g/mol. The average Bonchev–Trinajstić information content (AvgIpc) is 2.03. The first-order chi connectivity index (χ1) is 6.02. The summed E-state index contributed by atoms with van der Waals surface area (Å²) in [6, 6.07) is -0.985. The molecule has 0 saturated carbocycles. The molecule has 1 amide bonds. The van der Waals surface area contributed by atoms with Gasteiger partial charge in [0.15, 0.2) is 0 Å². The lowest BCUT2D eigenvalue weighted by molar-refractivity contribution is -0.152. The van der Waals surface area contributed by atoms with E-state index < -0.39 is 18.2 Å². The first-order valence-corrected chi connectivity index (χ1v) is 4.16. The highest BCUT2D eigenvalue weighted by Gasteiger charge is 2.34. The van der Waals surface area contributed by atoms with Crippen LogP contribution in [0.2, 0.25) is 0 Å². The molecular weight excluding hydrogens is 177 g/mol. The third-order valence-electron chi connectivity index (χ3n) is 2.23. The first-order valence-electron chi connectivity index (χ1n) is 4.16. The maximum atomic E-state index is 12.8. The maximum Gasteiger partial charge on any atom is 0.326 e. The van der Waals surface area contributed by atoms with E-state index in [4.69, 9.17) is 5.11 Å². The third-order valence-corrected chi connectivity index (χ3v) is 2.23. The number of halogens is 1. The van der Waals surface area contributed by atoms with E-state index in [-0.39, 0.29) is 25.3 Å². The highest BCUT2D eigenvalue weighted by Crippen LogP contribution is 2.20. The predicted octanol–water partition coefficient (Wildman–Crippen LogP) is 0.420. The largest absolute Gasteiger partial charge is 0.480 e. The number of nitrogens with zero attached hydrogens (tertiary/aromatic N) is 1. The number of alkyl halides is 1. The second-order valence-corrected chi connectivity index (χ2v) is 3.19. The minimum absolute atomic E-state index is 0.0884. The van der Waals surface area contributed by atoms with Gasteiger partial charge in [0.1, 0.15) is 12.2 Å². The normalized spacial score (nSPS) is 28.6. The Balaban J connectivity index is 2.72. The fourth-order valence-corrected chi connectivity index (χ4v) is 1.53. The molecule has 2 atom stereocenters. The smallest absolute Gasteiger partial charge is 0.326 e. The Hall–Kier alpha value is -1.13. The molecule has 1 N–H and O–H groups in total. The van der Waals surface area contributed by atoms with Gasteiger partial charge in [0.2, 0.25) is 5.91 Å². The zero-order valence-corrected chi connectivity index (χ0v) is 7.36. The summed E-state index contributed by atoms with van der Waals surface area (Å²) in [4.78, 5) is 22.8. The second-order valence-electron chi connectivity index (χ2n) is 3.19. The van der Waals surface area contributed by atoms with E-state index in [0.717, 1.165) is 0 Å². The van der Waals surface area contributed by atoms with Crippen molar-refractivity contribution in [3.63, 3.8) is 0 Å². The molecule has 1 heterocycles. The molecule has 0 aliphatic carbocycles. The Kier molecular flexibility index (Phi) is 2.85. The minimum Gasteiger partial charge on any atom is -0.480 e. The van der Waals surface area contributed by atoms with Gasteiger partial charge < -0.3 is 10.0 Å². The quantitative estimate of drug-likeness (QED) is 0.650. The molecule has 13 heavy (non-hydrogen) atoms. The third kappa shape index (κ3) is 2.17. The zero-order chi connectivity index (χ0) is 10.0. The van der Waals surface area contributed by atoms with Crippen LogP contribution in [-0.4, -0.2) is 40.6 Å². The van der Waals surface area contributed by atoms with Gasteiger partial charge in [0.25, 0.3) is 0 Å². The van der Waals surface area contributed by atoms with Gasteiger partial charge in [-0.05, 0) is 6.42 Å². The Bertz CT molecular complexity index is 231. The van der Waals surface area contributed by atoms with Crippen molar-refractivity contribution in [3.05, 3.63) is 0 Å². The molecule has 0 aromatic rings. The van der Waals surface area contributed by atoms with E-state index >= 15 is 0 Å². The first kappa shape index (κ1) is 9.95. The molecule has 0 aromatic carbocycles. The summed E-state index contributed by atoms with van der Waals surface area (Å²) in [6.45, 7) is 1.50. The number of rotatable bonds is 1. The van der Waals surface area contributed by atoms with E-state index in [0.29, 0.717) is 0 Å². The molecule has 1 aliphatic rings. The number of piperidine rings is 1. The Morgan fingerprint density at radius 3 is 2.62 bits per heavy atom. The molecule has 0 radical (unpaired) electrons. The fourth-order valence-electron chi connectivity index (χ4n) is 1.53. The van der Waals surface area contributed by atoms with Gasteiger partial charge in [-0.1, -0.05) is 0 Å². The molecule has 0 spiro atoms. The summed E-state index contributed by atoms with van der Waals surface area (Å²) < 4.78 is 12.8. The predicted molar refractivity (Wildman–Crippen MR) is 42.9 cm³/mol. The summed E-state index contributed by atoms with van der Waals surface area (Å²) in [5.41, 5.74) is 0. The molecule has 0 unspecified atom stereocenters. The number of aliphatic carboxylic acids is 1. The zero-order valence-electron chi connectivity index (χ0n) is 7.36. The van der Waals surface area contributed by atoms with Crippen LogP contribution in [0.3, 0.4) is 0 Å². The molecule has 0 aromatic heterocycles. The van der Waals surface area contributed by atoms with Gasteiger partial charge in [-0.3, -0.25) is 4.79 Å². The van der Waals surface area contributed by atoms with Crippen LogP contribution in [0.15, 0.2) is 0 Å². The fraction of sp³-hybridized carbons (Fsp3) is 0.750. The van der Waals surface area contributed by atoms with Crippen molar-refractivity contribution < 1.29 is 19.1 Å². The summed E-state index contributed by atoms with van der Waals surface area (Å²) in [7, 11) is 0. The van der Waals surface area contributed by atoms with Crippen LogP contribution >= 0.6 is 0 Å². The van der Waals surface area contributed by atoms with Crippen molar-refractivity contribution >= 4 is 11.9 Å². The van der Waals surface area contributed by atoms with E-state index in [2.05, 4.69) is 0 Å². The van der Waals surface area contributed by atoms with Gasteiger partial charge in [0, 0.05) is 19.9 Å². The monoisotopic (exact) mass is 189 g/mol. The van der Waals surface area contributed by atoms with Crippen LogP contribution in [0.25, 0.3) is 0 Å². The molecule has 1 aliphatic heterocycles. The van der Waals surface area contributed by atoms with Crippen molar-refractivity contribution in [2.45, 2.75) is 32.0 Å². The highest BCUT2D eigenvalue weighted by atomic mass is 19.1. The van der Waals surface area contributed by atoms with Gasteiger partial charge in [-0.25, -0.2) is 9.18 Å². The molecular formula is C8H12FNO3. The van der Waals surface area contributed by atoms with Crippen molar-refractivity contribution in [2.75, 3.05) is 6.54 Å². The maximum absolute atomic E-state index is 12.8. The summed E-state index contributed by atoms with van der Waals surface area (Å²) in [5, 5.41) is 8.71. The van der Waals surface area contributed by atoms with Crippen LogP contribution in [0.4, 0.5) is 4.39 Å². The number of amides is 1. The Morgan fingerprint density at radius 1 is 1.54 bits per heavy atom. The van der Waals surface area contributed by atoms with Crippen LogP contribution in [0.1, 0.15) is 19.8 Å². The van der Waals surface area contributed by atoms with Gasteiger partial charge >= 0.3 is 5.97 Å². The molecule has 1 fully saturated rings. The van der Waals surface area contributed by atoms with Crippen molar-refractivity contribution in [2.24, 2.45) is 0 Å². The van der Waals surface area contributed by atoms with Gasteiger partial charge in [-0.2, -0.15) is 0 Å². The number of carboxylic acid groups (broad SMARTS) is 1. The lowest BCUT2D eigenvalue weighted by Gasteiger charge is -2.33. The summed E-state index contributed by atoms with van der Waals surface area (Å²) in [5.74, 6) is -1.43. The van der Waals surface area contributed by atoms with Gasteiger partial charge in [-0.15, -0.1) is 0 Å².